The topological polar surface area (TPSA) is 82.5 Å². The van der Waals surface area contributed by atoms with Gasteiger partial charge in [0.1, 0.15) is 5.69 Å². The first-order valence-electron chi connectivity index (χ1n) is 11.0. The number of amides is 1. The number of methoxy groups -OCH3 is 2. The van der Waals surface area contributed by atoms with Crippen LogP contribution >= 0.6 is 0 Å². The molecule has 0 unspecified atom stereocenters. The molecule has 0 spiro atoms. The molecule has 0 aliphatic carbocycles. The first-order chi connectivity index (χ1) is 17.0. The average molecular weight is 468 g/mol. The van der Waals surface area contributed by atoms with Gasteiger partial charge in [-0.25, -0.2) is 4.68 Å². The van der Waals surface area contributed by atoms with Gasteiger partial charge >= 0.3 is 0 Å². The Labute approximate surface area is 203 Å². The first-order valence-corrected chi connectivity index (χ1v) is 11.0. The van der Waals surface area contributed by atoms with E-state index in [1.54, 1.807) is 49.2 Å². The van der Waals surface area contributed by atoms with Crippen molar-refractivity contribution in [1.29, 1.82) is 0 Å². The number of Topliss-reactive ketones (excluding diaryl/α,β-unsaturated/α-hetero) is 1. The van der Waals surface area contributed by atoms with Crippen LogP contribution in [0.3, 0.4) is 0 Å². The van der Waals surface area contributed by atoms with Gasteiger partial charge in [0.25, 0.3) is 0 Å². The molecule has 0 radical (unpaired) electrons. The van der Waals surface area contributed by atoms with Crippen molar-refractivity contribution < 1.29 is 19.1 Å². The molecule has 0 fully saturated rings. The highest BCUT2D eigenvalue weighted by atomic mass is 16.5. The van der Waals surface area contributed by atoms with Crippen molar-refractivity contribution in [2.75, 3.05) is 19.5 Å². The molecule has 0 bridgehead atoms. The first kappa shape index (κ1) is 23.5. The van der Waals surface area contributed by atoms with E-state index < -0.39 is 0 Å². The molecule has 1 aromatic heterocycles. The minimum absolute atomic E-state index is 0.0270. The summed E-state index contributed by atoms with van der Waals surface area (Å²) in [5.41, 5.74) is 4.34. The van der Waals surface area contributed by atoms with Crippen LogP contribution in [0.5, 0.6) is 11.5 Å². The lowest BCUT2D eigenvalue weighted by atomic mass is 10.1. The third-order valence-corrected chi connectivity index (χ3v) is 5.39. The molecule has 176 valence electrons. The number of carbonyl (C=O) groups is 2. The Kier molecular flexibility index (Phi) is 7.07. The fraction of sp³-hybridized carbons (Fsp3) is 0.107. The summed E-state index contributed by atoms with van der Waals surface area (Å²) in [4.78, 5) is 24.0. The minimum atomic E-state index is -0.300. The molecule has 3 aromatic carbocycles. The van der Waals surface area contributed by atoms with Gasteiger partial charge in [0.05, 0.1) is 19.9 Å². The molecule has 35 heavy (non-hydrogen) atoms. The molecule has 0 aliphatic rings. The van der Waals surface area contributed by atoms with Gasteiger partial charge in [-0.3, -0.25) is 9.59 Å². The summed E-state index contributed by atoms with van der Waals surface area (Å²) in [6.45, 7) is 1.50. The summed E-state index contributed by atoms with van der Waals surface area (Å²) < 4.78 is 12.6. The van der Waals surface area contributed by atoms with Crippen LogP contribution < -0.4 is 14.8 Å². The second-order valence-corrected chi connectivity index (χ2v) is 7.74. The maximum atomic E-state index is 12.6. The minimum Gasteiger partial charge on any atom is -0.493 e. The van der Waals surface area contributed by atoms with E-state index in [4.69, 9.17) is 14.6 Å². The van der Waals surface area contributed by atoms with Crippen molar-refractivity contribution in [2.45, 2.75) is 6.92 Å². The van der Waals surface area contributed by atoms with Gasteiger partial charge < -0.3 is 14.8 Å². The van der Waals surface area contributed by atoms with Gasteiger partial charge in [-0.1, -0.05) is 18.2 Å². The van der Waals surface area contributed by atoms with Crippen molar-refractivity contribution in [1.82, 2.24) is 9.78 Å². The number of ether oxygens (including phenoxy) is 2. The molecule has 1 amide bonds. The number of nitrogens with zero attached hydrogens (tertiary/aromatic N) is 2. The van der Waals surface area contributed by atoms with Crippen molar-refractivity contribution in [2.24, 2.45) is 0 Å². The van der Waals surface area contributed by atoms with Crippen LogP contribution in [0.2, 0.25) is 0 Å². The van der Waals surface area contributed by atoms with Crippen LogP contribution in [0.4, 0.5) is 5.69 Å². The number of hydrogen-bond acceptors (Lipinski definition) is 5. The van der Waals surface area contributed by atoms with E-state index >= 15 is 0 Å². The molecule has 1 N–H and O–H groups in total. The number of carbonyl (C=O) groups excluding carboxylic acids is 2. The quantitative estimate of drug-likeness (QED) is 0.277. The number of rotatable bonds is 8. The van der Waals surface area contributed by atoms with E-state index in [1.807, 2.05) is 54.7 Å². The number of aromatic nitrogens is 2. The molecule has 0 saturated carbocycles. The lowest BCUT2D eigenvalue weighted by Gasteiger charge is -2.09. The Bertz CT molecular complexity index is 1370. The molecule has 4 aromatic rings. The average Bonchev–Trinajstić information content (AvgIpc) is 3.32. The maximum absolute atomic E-state index is 12.6. The molecule has 1 heterocycles. The number of hydrogen-bond donors (Lipinski definition) is 1. The Hall–Kier alpha value is -4.65. The zero-order chi connectivity index (χ0) is 24.8. The summed E-state index contributed by atoms with van der Waals surface area (Å²) in [5, 5.41) is 7.58. The van der Waals surface area contributed by atoms with E-state index in [1.165, 1.54) is 13.0 Å². The monoisotopic (exact) mass is 467 g/mol. The van der Waals surface area contributed by atoms with E-state index in [-0.39, 0.29) is 11.7 Å². The highest BCUT2D eigenvalue weighted by Gasteiger charge is 2.14. The summed E-state index contributed by atoms with van der Waals surface area (Å²) in [6, 6.07) is 22.1. The lowest BCUT2D eigenvalue weighted by molar-refractivity contribution is -0.111. The SMILES string of the molecule is COc1ccc(-c2nn(-c3ccccc3)cc2C=CC(=O)Nc2ccc(C(C)=O)cc2)cc1OC. The fourth-order valence-electron chi connectivity index (χ4n) is 3.57. The summed E-state index contributed by atoms with van der Waals surface area (Å²) >= 11 is 0. The largest absolute Gasteiger partial charge is 0.493 e. The summed E-state index contributed by atoms with van der Waals surface area (Å²) in [7, 11) is 3.17. The zero-order valence-corrected chi connectivity index (χ0v) is 19.7. The predicted molar refractivity (Wildman–Crippen MR) is 136 cm³/mol. The lowest BCUT2D eigenvalue weighted by Crippen LogP contribution is -2.07. The van der Waals surface area contributed by atoms with Gasteiger partial charge in [-0.05, 0) is 67.6 Å². The number of ketones is 1. The normalized spacial score (nSPS) is 10.8. The van der Waals surface area contributed by atoms with Gasteiger partial charge in [-0.15, -0.1) is 0 Å². The number of nitrogens with one attached hydrogen (secondary N) is 1. The molecule has 4 rings (SSSR count). The second-order valence-electron chi connectivity index (χ2n) is 7.74. The Morgan fingerprint density at radius 3 is 2.29 bits per heavy atom. The molecule has 7 heteroatoms. The van der Waals surface area contributed by atoms with Crippen molar-refractivity contribution in [3.05, 3.63) is 96.2 Å². The van der Waals surface area contributed by atoms with Crippen LogP contribution in [0.15, 0.2) is 85.1 Å². The Balaban J connectivity index is 1.65. The molecule has 7 nitrogen and oxygen atoms in total. The van der Waals surface area contributed by atoms with E-state index in [0.717, 1.165) is 16.8 Å². The van der Waals surface area contributed by atoms with Gasteiger partial charge in [0.15, 0.2) is 17.3 Å². The van der Waals surface area contributed by atoms with Gasteiger partial charge in [0, 0.05) is 34.7 Å². The fourth-order valence-corrected chi connectivity index (χ4v) is 3.57. The van der Waals surface area contributed by atoms with Crippen LogP contribution in [-0.2, 0) is 4.79 Å². The molecule has 0 atom stereocenters. The van der Waals surface area contributed by atoms with Gasteiger partial charge in [0.2, 0.25) is 5.91 Å². The van der Waals surface area contributed by atoms with Crippen LogP contribution in [-0.4, -0.2) is 35.7 Å². The summed E-state index contributed by atoms with van der Waals surface area (Å²) in [5.74, 6) is 0.874. The Morgan fingerprint density at radius 1 is 0.914 bits per heavy atom. The smallest absolute Gasteiger partial charge is 0.248 e. The molecular weight excluding hydrogens is 442 g/mol. The predicted octanol–water partition coefficient (Wildman–Crippen LogP) is 5.41. The maximum Gasteiger partial charge on any atom is 0.248 e. The van der Waals surface area contributed by atoms with E-state index in [9.17, 15) is 9.59 Å². The standard InChI is InChI=1S/C28H25N3O4/c1-19(32)20-9-13-23(14-10-20)29-27(33)16-12-22-18-31(24-7-5-4-6-8-24)30-28(22)21-11-15-25(34-2)26(17-21)35-3/h4-18H,1-3H3,(H,29,33). The van der Waals surface area contributed by atoms with E-state index in [0.29, 0.717) is 28.4 Å². The second kappa shape index (κ2) is 10.5. The highest BCUT2D eigenvalue weighted by molar-refractivity contribution is 6.02. The van der Waals surface area contributed by atoms with E-state index in [2.05, 4.69) is 5.32 Å². The Morgan fingerprint density at radius 2 is 1.63 bits per heavy atom. The van der Waals surface area contributed by atoms with Gasteiger partial charge in [-0.2, -0.15) is 5.10 Å². The number of benzene rings is 3. The third kappa shape index (κ3) is 5.47. The third-order valence-electron chi connectivity index (χ3n) is 5.39. The highest BCUT2D eigenvalue weighted by Crippen LogP contribution is 2.33. The van der Waals surface area contributed by atoms with Crippen LogP contribution in [0.25, 0.3) is 23.0 Å². The van der Waals surface area contributed by atoms with Crippen LogP contribution in [0.1, 0.15) is 22.8 Å². The van der Waals surface area contributed by atoms with Crippen molar-refractivity contribution in [3.63, 3.8) is 0 Å². The van der Waals surface area contributed by atoms with Crippen molar-refractivity contribution >= 4 is 23.5 Å². The molecule has 0 saturated heterocycles. The summed E-state index contributed by atoms with van der Waals surface area (Å²) in [6.07, 6.45) is 5.04. The molecular formula is C28H25N3O4. The number of anilines is 1. The van der Waals surface area contributed by atoms with Crippen LogP contribution in [0, 0.1) is 0 Å². The number of para-hydroxylation sites is 1. The van der Waals surface area contributed by atoms with Crippen molar-refractivity contribution in [3.8, 4) is 28.4 Å². The molecule has 0 aliphatic heterocycles. The zero-order valence-electron chi connectivity index (χ0n) is 19.7.